The number of ketones is 2. The Morgan fingerprint density at radius 2 is 1.64 bits per heavy atom. The fourth-order valence-corrected chi connectivity index (χ4v) is 2.96. The summed E-state index contributed by atoms with van der Waals surface area (Å²) in [5.74, 6) is -7.72. The highest BCUT2D eigenvalue weighted by Crippen LogP contribution is 2.38. The van der Waals surface area contributed by atoms with Crippen molar-refractivity contribution < 1.29 is 28.0 Å². The van der Waals surface area contributed by atoms with Gasteiger partial charge in [-0.3, -0.25) is 24.5 Å². The average molecular weight is 307 g/mol. The molecule has 1 fully saturated rings. The molecule has 1 heterocycles. The summed E-state index contributed by atoms with van der Waals surface area (Å²) in [5.41, 5.74) is -0.0454. The van der Waals surface area contributed by atoms with E-state index >= 15 is 0 Å². The molecule has 1 saturated heterocycles. The molecule has 3 aliphatic rings. The van der Waals surface area contributed by atoms with E-state index in [0.29, 0.717) is 0 Å². The third-order valence-corrected chi connectivity index (χ3v) is 4.09. The number of hydrogen-bond donors (Lipinski definition) is 1. The van der Waals surface area contributed by atoms with Crippen molar-refractivity contribution in [2.24, 2.45) is 17.8 Å². The SMILES string of the molecule is O=C1CCC(C2=CC(=O)C3C=C(F)C(F)=CC3C2=O)C(=O)N1. The summed E-state index contributed by atoms with van der Waals surface area (Å²) in [5, 5.41) is 2.11. The topological polar surface area (TPSA) is 80.3 Å². The number of hydrogen-bond acceptors (Lipinski definition) is 4. The Kier molecular flexibility index (Phi) is 3.35. The van der Waals surface area contributed by atoms with Crippen LogP contribution in [0.5, 0.6) is 0 Å². The predicted molar refractivity (Wildman–Crippen MR) is 69.3 cm³/mol. The van der Waals surface area contributed by atoms with E-state index in [1.165, 1.54) is 0 Å². The highest BCUT2D eigenvalue weighted by Gasteiger charge is 2.44. The first-order valence-corrected chi connectivity index (χ1v) is 6.77. The van der Waals surface area contributed by atoms with Crippen LogP contribution >= 0.6 is 0 Å². The van der Waals surface area contributed by atoms with Gasteiger partial charge in [-0.2, -0.15) is 0 Å². The normalized spacial score (nSPS) is 31.9. The molecule has 0 spiro atoms. The highest BCUT2D eigenvalue weighted by molar-refractivity contribution is 6.16. The van der Waals surface area contributed by atoms with Crippen LogP contribution in [0.15, 0.2) is 35.5 Å². The minimum absolute atomic E-state index is 0.0454. The summed E-state index contributed by atoms with van der Waals surface area (Å²) in [7, 11) is 0. The van der Waals surface area contributed by atoms with Crippen LogP contribution in [0, 0.1) is 17.8 Å². The molecule has 0 aromatic rings. The quantitative estimate of drug-likeness (QED) is 0.735. The molecular formula is C15H11F2NO4. The Labute approximate surface area is 123 Å². The summed E-state index contributed by atoms with van der Waals surface area (Å²) in [6, 6.07) is 0. The predicted octanol–water partition coefficient (Wildman–Crippen LogP) is 1.07. The summed E-state index contributed by atoms with van der Waals surface area (Å²) in [6.07, 6.45) is 2.76. The van der Waals surface area contributed by atoms with Crippen molar-refractivity contribution in [2.75, 3.05) is 0 Å². The lowest BCUT2D eigenvalue weighted by molar-refractivity contribution is -0.137. The van der Waals surface area contributed by atoms with Gasteiger partial charge in [0.15, 0.2) is 23.2 Å². The van der Waals surface area contributed by atoms with Crippen LogP contribution in [0.2, 0.25) is 0 Å². The van der Waals surface area contributed by atoms with E-state index in [-0.39, 0.29) is 18.4 Å². The van der Waals surface area contributed by atoms with Crippen LogP contribution in [0.3, 0.4) is 0 Å². The Morgan fingerprint density at radius 1 is 1.00 bits per heavy atom. The van der Waals surface area contributed by atoms with Crippen LogP contribution in [0.1, 0.15) is 12.8 Å². The maximum absolute atomic E-state index is 13.4. The first-order valence-electron chi connectivity index (χ1n) is 6.77. The van der Waals surface area contributed by atoms with Crippen molar-refractivity contribution in [3.63, 3.8) is 0 Å². The molecule has 1 N–H and O–H groups in total. The Hall–Kier alpha value is -2.44. The lowest BCUT2D eigenvalue weighted by Gasteiger charge is -2.31. The van der Waals surface area contributed by atoms with Gasteiger partial charge < -0.3 is 0 Å². The number of imide groups is 1. The first kappa shape index (κ1) is 14.5. The molecule has 5 nitrogen and oxygen atoms in total. The second kappa shape index (κ2) is 5.08. The highest BCUT2D eigenvalue weighted by atomic mass is 19.2. The molecule has 114 valence electrons. The maximum Gasteiger partial charge on any atom is 0.234 e. The lowest BCUT2D eigenvalue weighted by atomic mass is 9.71. The largest absolute Gasteiger partial charge is 0.296 e. The van der Waals surface area contributed by atoms with E-state index in [9.17, 15) is 28.0 Å². The first-order chi connectivity index (χ1) is 10.4. The van der Waals surface area contributed by atoms with Crippen LogP contribution in [0.25, 0.3) is 0 Å². The van der Waals surface area contributed by atoms with E-state index in [2.05, 4.69) is 5.32 Å². The van der Waals surface area contributed by atoms with Gasteiger partial charge >= 0.3 is 0 Å². The second-order valence-corrected chi connectivity index (χ2v) is 5.45. The van der Waals surface area contributed by atoms with Crippen LogP contribution in [-0.2, 0) is 19.2 Å². The van der Waals surface area contributed by atoms with Crippen LogP contribution in [0.4, 0.5) is 8.78 Å². The van der Waals surface area contributed by atoms with E-state index in [0.717, 1.165) is 18.2 Å². The number of Topliss-reactive ketones (excluding diaryl/α,β-unsaturated/α-hetero) is 1. The third-order valence-electron chi connectivity index (χ3n) is 4.09. The van der Waals surface area contributed by atoms with E-state index in [1.54, 1.807) is 0 Å². The van der Waals surface area contributed by atoms with Gasteiger partial charge in [-0.25, -0.2) is 8.78 Å². The summed E-state index contributed by atoms with van der Waals surface area (Å²) in [4.78, 5) is 47.5. The number of nitrogens with one attached hydrogen (secondary N) is 1. The molecule has 2 aliphatic carbocycles. The number of carbonyl (C=O) groups is 4. The molecule has 0 aromatic heterocycles. The van der Waals surface area contributed by atoms with Crippen molar-refractivity contribution in [3.8, 4) is 0 Å². The van der Waals surface area contributed by atoms with Crippen LogP contribution in [-0.4, -0.2) is 23.4 Å². The van der Waals surface area contributed by atoms with Crippen molar-refractivity contribution in [1.82, 2.24) is 5.32 Å². The molecule has 0 saturated carbocycles. The smallest absolute Gasteiger partial charge is 0.234 e. The zero-order chi connectivity index (χ0) is 16.0. The average Bonchev–Trinajstić information content (AvgIpc) is 2.45. The second-order valence-electron chi connectivity index (χ2n) is 5.45. The van der Waals surface area contributed by atoms with Crippen LogP contribution < -0.4 is 5.32 Å². The number of rotatable bonds is 1. The molecule has 1 aliphatic heterocycles. The number of fused-ring (bicyclic) bond motifs is 1. The van der Waals surface area contributed by atoms with Gasteiger partial charge in [-0.05, 0) is 24.6 Å². The van der Waals surface area contributed by atoms with Gasteiger partial charge in [0.05, 0.1) is 17.8 Å². The number of halogens is 2. The van der Waals surface area contributed by atoms with Crippen molar-refractivity contribution >= 4 is 23.4 Å². The molecular weight excluding hydrogens is 296 g/mol. The molecule has 0 aromatic carbocycles. The number of allylic oxidation sites excluding steroid dienone is 5. The lowest BCUT2D eigenvalue weighted by Crippen LogP contribution is -2.45. The minimum atomic E-state index is -1.19. The molecule has 3 unspecified atom stereocenters. The van der Waals surface area contributed by atoms with E-state index in [4.69, 9.17) is 0 Å². The summed E-state index contributed by atoms with van der Waals surface area (Å²) < 4.78 is 26.6. The molecule has 7 heteroatoms. The number of amides is 2. The van der Waals surface area contributed by atoms with Gasteiger partial charge in [0.1, 0.15) is 0 Å². The zero-order valence-corrected chi connectivity index (χ0v) is 11.3. The summed E-state index contributed by atoms with van der Waals surface area (Å²) in [6.45, 7) is 0. The fraction of sp³-hybridized carbons (Fsp3) is 0.333. The minimum Gasteiger partial charge on any atom is -0.296 e. The van der Waals surface area contributed by atoms with Gasteiger partial charge in [0, 0.05) is 12.0 Å². The monoisotopic (exact) mass is 307 g/mol. The third kappa shape index (κ3) is 2.22. The van der Waals surface area contributed by atoms with Crippen molar-refractivity contribution in [1.29, 1.82) is 0 Å². The maximum atomic E-state index is 13.4. The zero-order valence-electron chi connectivity index (χ0n) is 11.3. The number of carbonyl (C=O) groups excluding carboxylic acids is 4. The molecule has 0 bridgehead atoms. The van der Waals surface area contributed by atoms with Gasteiger partial charge in [-0.1, -0.05) is 0 Å². The molecule has 0 radical (unpaired) electrons. The van der Waals surface area contributed by atoms with Crippen molar-refractivity contribution in [3.05, 3.63) is 35.5 Å². The van der Waals surface area contributed by atoms with Gasteiger partial charge in [0.2, 0.25) is 11.8 Å². The Balaban J connectivity index is 1.96. The Morgan fingerprint density at radius 3 is 2.27 bits per heavy atom. The molecule has 2 amide bonds. The Bertz CT molecular complexity index is 704. The van der Waals surface area contributed by atoms with Crippen molar-refractivity contribution in [2.45, 2.75) is 12.8 Å². The van der Waals surface area contributed by atoms with E-state index in [1.807, 2.05) is 0 Å². The fourth-order valence-electron chi connectivity index (χ4n) is 2.96. The standard InChI is InChI=1S/C15H11F2NO4/c16-10-3-7-8(4-11(10)17)14(21)9(5-12(7)19)6-1-2-13(20)18-15(6)22/h3-8H,1-2H2,(H,18,20,22). The molecule has 3 atom stereocenters. The van der Waals surface area contributed by atoms with Gasteiger partial charge in [0.25, 0.3) is 0 Å². The summed E-state index contributed by atoms with van der Waals surface area (Å²) >= 11 is 0. The van der Waals surface area contributed by atoms with E-state index < -0.39 is 52.8 Å². The molecule has 3 rings (SSSR count). The number of piperidine rings is 1. The van der Waals surface area contributed by atoms with Gasteiger partial charge in [-0.15, -0.1) is 0 Å². The molecule has 22 heavy (non-hydrogen) atoms.